The third kappa shape index (κ3) is 1.58. The van der Waals surface area contributed by atoms with E-state index in [4.69, 9.17) is 0 Å². The van der Waals surface area contributed by atoms with Crippen LogP contribution < -0.4 is 0 Å². The third-order valence-electron chi connectivity index (χ3n) is 2.09. The van der Waals surface area contributed by atoms with Crippen LogP contribution in [0.4, 0.5) is 0 Å². The van der Waals surface area contributed by atoms with E-state index in [9.17, 15) is 0 Å². The molecule has 0 nitrogen and oxygen atoms in total. The molecule has 1 aromatic rings. The van der Waals surface area contributed by atoms with Crippen molar-refractivity contribution in [3.8, 4) is 0 Å². The topological polar surface area (TPSA) is 0 Å². The second kappa shape index (κ2) is 4.10. The smallest absolute Gasteiger partial charge is 0.0198 e. The van der Waals surface area contributed by atoms with Crippen molar-refractivity contribution in [3.05, 3.63) is 42.0 Å². The first-order chi connectivity index (χ1) is 5.88. The number of hydrogen-bond acceptors (Lipinski definition) is 0. The fourth-order valence-corrected chi connectivity index (χ4v) is 1.50. The molecule has 1 aliphatic carbocycles. The van der Waals surface area contributed by atoms with E-state index in [1.807, 2.05) is 13.8 Å². The van der Waals surface area contributed by atoms with Gasteiger partial charge < -0.3 is 0 Å². The first-order valence-electron chi connectivity index (χ1n) is 4.64. The summed E-state index contributed by atoms with van der Waals surface area (Å²) in [5.41, 5.74) is 4.14. The van der Waals surface area contributed by atoms with Gasteiger partial charge >= 0.3 is 0 Å². The average Bonchev–Trinajstić information content (AvgIpc) is 2.53. The standard InChI is InChI=1S/C10H10.C2H6/c1-8-6-7-9-4-2-3-5-10(8)9;1-2/h2-5H,1,6-7H2;1-2H3. The van der Waals surface area contributed by atoms with Gasteiger partial charge in [0.15, 0.2) is 0 Å². The number of allylic oxidation sites excluding steroid dienone is 1. The Morgan fingerprint density at radius 1 is 1.08 bits per heavy atom. The third-order valence-corrected chi connectivity index (χ3v) is 2.09. The maximum absolute atomic E-state index is 4.00. The maximum Gasteiger partial charge on any atom is -0.0198 e. The molecule has 0 atom stereocenters. The summed E-state index contributed by atoms with van der Waals surface area (Å²) >= 11 is 0. The van der Waals surface area contributed by atoms with Crippen molar-refractivity contribution in [2.45, 2.75) is 26.7 Å². The lowest BCUT2D eigenvalue weighted by Gasteiger charge is -1.95. The quantitative estimate of drug-likeness (QED) is 0.543. The summed E-state index contributed by atoms with van der Waals surface area (Å²) in [6, 6.07) is 8.52. The lowest BCUT2D eigenvalue weighted by molar-refractivity contribution is 1.08. The van der Waals surface area contributed by atoms with Gasteiger partial charge in [-0.3, -0.25) is 0 Å². The van der Waals surface area contributed by atoms with Crippen LogP contribution in [0.3, 0.4) is 0 Å². The number of fused-ring (bicyclic) bond motifs is 1. The van der Waals surface area contributed by atoms with Gasteiger partial charge in [-0.1, -0.05) is 44.7 Å². The zero-order valence-electron chi connectivity index (χ0n) is 7.93. The molecule has 0 spiro atoms. The molecular weight excluding hydrogens is 144 g/mol. The van der Waals surface area contributed by atoms with Crippen molar-refractivity contribution < 1.29 is 0 Å². The van der Waals surface area contributed by atoms with Crippen LogP contribution in [0.1, 0.15) is 31.4 Å². The molecule has 12 heavy (non-hydrogen) atoms. The van der Waals surface area contributed by atoms with Crippen molar-refractivity contribution >= 4 is 5.57 Å². The number of hydrogen-bond donors (Lipinski definition) is 0. The van der Waals surface area contributed by atoms with E-state index < -0.39 is 0 Å². The molecule has 0 aromatic heterocycles. The van der Waals surface area contributed by atoms with E-state index in [1.54, 1.807) is 0 Å². The second-order valence-electron chi connectivity index (χ2n) is 2.76. The van der Waals surface area contributed by atoms with E-state index in [0.717, 1.165) is 6.42 Å². The lowest BCUT2D eigenvalue weighted by Crippen LogP contribution is -1.76. The Morgan fingerprint density at radius 2 is 1.75 bits per heavy atom. The Morgan fingerprint density at radius 3 is 2.42 bits per heavy atom. The van der Waals surface area contributed by atoms with Gasteiger partial charge in [0.25, 0.3) is 0 Å². The fraction of sp³-hybridized carbons (Fsp3) is 0.333. The molecule has 0 bridgehead atoms. The molecule has 0 saturated heterocycles. The SMILES string of the molecule is C=C1CCc2ccccc21.CC. The average molecular weight is 160 g/mol. The second-order valence-corrected chi connectivity index (χ2v) is 2.76. The van der Waals surface area contributed by atoms with Crippen LogP contribution in [0.2, 0.25) is 0 Å². The molecule has 0 unspecified atom stereocenters. The Hall–Kier alpha value is -1.04. The van der Waals surface area contributed by atoms with Gasteiger partial charge in [-0.05, 0) is 29.5 Å². The number of benzene rings is 1. The molecule has 0 heterocycles. The Bertz CT molecular complexity index is 271. The van der Waals surface area contributed by atoms with Crippen LogP contribution in [-0.2, 0) is 6.42 Å². The van der Waals surface area contributed by atoms with E-state index >= 15 is 0 Å². The number of aryl methyl sites for hydroxylation is 1. The molecule has 0 saturated carbocycles. The van der Waals surface area contributed by atoms with Gasteiger partial charge in [0.2, 0.25) is 0 Å². The molecule has 0 amide bonds. The molecule has 2 rings (SSSR count). The highest BCUT2D eigenvalue weighted by Gasteiger charge is 2.11. The largest absolute Gasteiger partial charge is 0.0952 e. The van der Waals surface area contributed by atoms with E-state index in [2.05, 4.69) is 30.8 Å². The summed E-state index contributed by atoms with van der Waals surface area (Å²) < 4.78 is 0. The summed E-state index contributed by atoms with van der Waals surface area (Å²) in [7, 11) is 0. The van der Waals surface area contributed by atoms with Gasteiger partial charge in [0, 0.05) is 0 Å². The molecule has 64 valence electrons. The van der Waals surface area contributed by atoms with Gasteiger partial charge in [-0.2, -0.15) is 0 Å². The highest BCUT2D eigenvalue weighted by molar-refractivity contribution is 5.70. The Kier molecular flexibility index (Phi) is 3.09. The van der Waals surface area contributed by atoms with Crippen molar-refractivity contribution in [2.75, 3.05) is 0 Å². The monoisotopic (exact) mass is 160 g/mol. The highest BCUT2D eigenvalue weighted by atomic mass is 14.2. The van der Waals surface area contributed by atoms with Gasteiger partial charge in [-0.25, -0.2) is 0 Å². The van der Waals surface area contributed by atoms with Crippen LogP contribution >= 0.6 is 0 Å². The van der Waals surface area contributed by atoms with E-state index in [1.165, 1.54) is 23.1 Å². The Labute approximate surface area is 74.9 Å². The maximum atomic E-state index is 4.00. The molecule has 1 aliphatic rings. The minimum absolute atomic E-state index is 1.15. The van der Waals surface area contributed by atoms with Gasteiger partial charge in [0.1, 0.15) is 0 Å². The molecular formula is C12H16. The first-order valence-corrected chi connectivity index (χ1v) is 4.64. The van der Waals surface area contributed by atoms with Crippen LogP contribution in [-0.4, -0.2) is 0 Å². The van der Waals surface area contributed by atoms with Gasteiger partial charge in [0.05, 0.1) is 0 Å². The highest BCUT2D eigenvalue weighted by Crippen LogP contribution is 2.29. The summed E-state index contributed by atoms with van der Waals surface area (Å²) in [5, 5.41) is 0. The first kappa shape index (κ1) is 9.05. The lowest BCUT2D eigenvalue weighted by atomic mass is 10.1. The van der Waals surface area contributed by atoms with Crippen LogP contribution in [0.5, 0.6) is 0 Å². The van der Waals surface area contributed by atoms with Crippen LogP contribution in [0.25, 0.3) is 5.57 Å². The summed E-state index contributed by atoms with van der Waals surface area (Å²) in [6.45, 7) is 8.00. The zero-order chi connectivity index (χ0) is 8.97. The summed E-state index contributed by atoms with van der Waals surface area (Å²) in [6.07, 6.45) is 2.34. The molecule has 1 aromatic carbocycles. The van der Waals surface area contributed by atoms with E-state index in [0.29, 0.717) is 0 Å². The molecule has 0 aliphatic heterocycles. The van der Waals surface area contributed by atoms with Crippen molar-refractivity contribution in [1.29, 1.82) is 0 Å². The Balaban J connectivity index is 0.000000336. The molecule has 0 N–H and O–H groups in total. The van der Waals surface area contributed by atoms with Gasteiger partial charge in [-0.15, -0.1) is 0 Å². The molecule has 0 heteroatoms. The summed E-state index contributed by atoms with van der Waals surface area (Å²) in [5.74, 6) is 0. The predicted molar refractivity (Wildman–Crippen MR) is 55.1 cm³/mol. The normalized spacial score (nSPS) is 13.3. The summed E-state index contributed by atoms with van der Waals surface area (Å²) in [4.78, 5) is 0. The minimum Gasteiger partial charge on any atom is -0.0952 e. The molecule has 0 radical (unpaired) electrons. The fourth-order valence-electron chi connectivity index (χ4n) is 1.50. The van der Waals surface area contributed by atoms with Crippen LogP contribution in [0.15, 0.2) is 30.8 Å². The predicted octanol–water partition coefficient (Wildman–Crippen LogP) is 3.67. The van der Waals surface area contributed by atoms with Crippen LogP contribution in [0, 0.1) is 0 Å². The number of rotatable bonds is 0. The van der Waals surface area contributed by atoms with E-state index in [-0.39, 0.29) is 0 Å². The minimum atomic E-state index is 1.15. The van der Waals surface area contributed by atoms with Crippen molar-refractivity contribution in [2.24, 2.45) is 0 Å². The molecule has 0 fully saturated rings. The zero-order valence-corrected chi connectivity index (χ0v) is 7.93. The van der Waals surface area contributed by atoms with Crippen molar-refractivity contribution in [3.63, 3.8) is 0 Å². The van der Waals surface area contributed by atoms with Crippen molar-refractivity contribution in [1.82, 2.24) is 0 Å².